The van der Waals surface area contributed by atoms with Crippen molar-refractivity contribution in [2.75, 3.05) is 0 Å². The maximum Gasteiger partial charge on any atom is 0.0354 e. The van der Waals surface area contributed by atoms with E-state index in [-0.39, 0.29) is 0 Å². The van der Waals surface area contributed by atoms with Crippen molar-refractivity contribution in [1.29, 1.82) is 0 Å². The molecule has 1 heteroatoms. The molecule has 0 heterocycles. The van der Waals surface area contributed by atoms with Gasteiger partial charge in [0.05, 0.1) is 0 Å². The number of allylic oxidation sites excluding steroid dienone is 2. The van der Waals surface area contributed by atoms with Gasteiger partial charge in [-0.2, -0.15) is 0 Å². The summed E-state index contributed by atoms with van der Waals surface area (Å²) in [6, 6.07) is 0. The lowest BCUT2D eigenvalue weighted by molar-refractivity contribution is 0.779. The van der Waals surface area contributed by atoms with Crippen LogP contribution in [0.3, 0.4) is 0 Å². The fourth-order valence-corrected chi connectivity index (χ4v) is 0.758. The molecule has 0 fully saturated rings. The van der Waals surface area contributed by atoms with Gasteiger partial charge < -0.3 is 0 Å². The molecule has 0 saturated carbocycles. The van der Waals surface area contributed by atoms with Gasteiger partial charge in [-0.15, -0.1) is 0 Å². The number of unbranched alkanes of at least 4 members (excludes halogenated alkanes) is 1. The van der Waals surface area contributed by atoms with Gasteiger partial charge >= 0.3 is 0 Å². The van der Waals surface area contributed by atoms with Crippen molar-refractivity contribution in [3.63, 3.8) is 0 Å². The highest BCUT2D eigenvalue weighted by atomic mass is 14.7. The van der Waals surface area contributed by atoms with E-state index < -0.39 is 0 Å². The average molecular weight is 139 g/mol. The first kappa shape index (κ1) is 9.41. The Balaban J connectivity index is 3.79. The summed E-state index contributed by atoms with van der Waals surface area (Å²) in [7, 11) is 0. The molecule has 58 valence electrons. The van der Waals surface area contributed by atoms with E-state index in [0.717, 1.165) is 5.70 Å². The molecule has 0 aromatic heterocycles. The van der Waals surface area contributed by atoms with Crippen LogP contribution in [0.2, 0.25) is 0 Å². The van der Waals surface area contributed by atoms with Crippen LogP contribution in [0.4, 0.5) is 0 Å². The van der Waals surface area contributed by atoms with Crippen LogP contribution in [-0.2, 0) is 0 Å². The third-order valence-electron chi connectivity index (χ3n) is 1.76. The minimum absolute atomic E-state index is 1.09. The van der Waals surface area contributed by atoms with Gasteiger partial charge in [-0.3, -0.25) is 4.99 Å². The third-order valence-corrected chi connectivity index (χ3v) is 1.76. The molecule has 1 nitrogen and oxygen atoms in total. The minimum Gasteiger partial charge on any atom is -0.269 e. The zero-order chi connectivity index (χ0) is 7.98. The van der Waals surface area contributed by atoms with Gasteiger partial charge in [-0.1, -0.05) is 18.9 Å². The third kappa shape index (κ3) is 3.44. The summed E-state index contributed by atoms with van der Waals surface area (Å²) in [5, 5.41) is 0. The van der Waals surface area contributed by atoms with E-state index in [2.05, 4.69) is 25.6 Å². The van der Waals surface area contributed by atoms with Crippen molar-refractivity contribution >= 4 is 6.72 Å². The molecule has 0 aliphatic rings. The number of aliphatic imine (C=N–C) groups is 1. The highest BCUT2D eigenvalue weighted by Gasteiger charge is 1.92. The summed E-state index contributed by atoms with van der Waals surface area (Å²) in [5.74, 6) is 0. The predicted octanol–water partition coefficient (Wildman–Crippen LogP) is 3.17. The summed E-state index contributed by atoms with van der Waals surface area (Å²) >= 11 is 0. The van der Waals surface area contributed by atoms with E-state index in [0.29, 0.717) is 0 Å². The zero-order valence-corrected chi connectivity index (χ0v) is 7.28. The van der Waals surface area contributed by atoms with E-state index >= 15 is 0 Å². The zero-order valence-electron chi connectivity index (χ0n) is 7.28. The first-order valence-electron chi connectivity index (χ1n) is 3.85. The lowest BCUT2D eigenvalue weighted by Gasteiger charge is -2.00. The van der Waals surface area contributed by atoms with Gasteiger partial charge in [0.2, 0.25) is 0 Å². The van der Waals surface area contributed by atoms with E-state index in [4.69, 9.17) is 0 Å². The number of hydrogen-bond donors (Lipinski definition) is 0. The first-order chi connectivity index (χ1) is 4.72. The van der Waals surface area contributed by atoms with Crippen molar-refractivity contribution in [2.24, 2.45) is 4.99 Å². The van der Waals surface area contributed by atoms with Crippen molar-refractivity contribution in [3.8, 4) is 0 Å². The molecular weight excluding hydrogens is 122 g/mol. The van der Waals surface area contributed by atoms with Gasteiger partial charge in [0.25, 0.3) is 0 Å². The smallest absolute Gasteiger partial charge is 0.0354 e. The van der Waals surface area contributed by atoms with Crippen LogP contribution in [0, 0.1) is 0 Å². The van der Waals surface area contributed by atoms with Crippen molar-refractivity contribution in [1.82, 2.24) is 0 Å². The van der Waals surface area contributed by atoms with Crippen LogP contribution in [0.15, 0.2) is 16.3 Å². The molecule has 0 aromatic rings. The van der Waals surface area contributed by atoms with Crippen molar-refractivity contribution in [3.05, 3.63) is 11.3 Å². The molecule has 0 radical (unpaired) electrons. The molecule has 0 rings (SSSR count). The Labute approximate surface area is 63.9 Å². The molecule has 0 bridgehead atoms. The van der Waals surface area contributed by atoms with Gasteiger partial charge in [0, 0.05) is 5.70 Å². The van der Waals surface area contributed by atoms with E-state index in [1.165, 1.54) is 24.8 Å². The Morgan fingerprint density at radius 2 is 2.00 bits per heavy atom. The van der Waals surface area contributed by atoms with E-state index in [1.54, 1.807) is 0 Å². The summed E-state index contributed by atoms with van der Waals surface area (Å²) < 4.78 is 0. The SMILES string of the molecule is C=NC(C)=C(C)CCCC. The maximum atomic E-state index is 3.87. The molecule has 0 atom stereocenters. The number of rotatable bonds is 4. The van der Waals surface area contributed by atoms with Crippen molar-refractivity contribution in [2.45, 2.75) is 40.0 Å². The van der Waals surface area contributed by atoms with Crippen LogP contribution in [0.25, 0.3) is 0 Å². The largest absolute Gasteiger partial charge is 0.269 e. The number of nitrogens with zero attached hydrogens (tertiary/aromatic N) is 1. The molecule has 0 N–H and O–H groups in total. The van der Waals surface area contributed by atoms with Crippen LogP contribution in [0.5, 0.6) is 0 Å². The summed E-state index contributed by atoms with van der Waals surface area (Å²) in [4.78, 5) is 3.87. The molecular formula is C9H17N. The first-order valence-corrected chi connectivity index (χ1v) is 3.85. The Hall–Kier alpha value is -0.590. The molecule has 0 aliphatic heterocycles. The summed E-state index contributed by atoms with van der Waals surface area (Å²) in [6.45, 7) is 9.82. The van der Waals surface area contributed by atoms with Gasteiger partial charge in [0.15, 0.2) is 0 Å². The van der Waals surface area contributed by atoms with E-state index in [1.807, 2.05) is 6.92 Å². The molecule has 0 unspecified atom stereocenters. The number of hydrogen-bond acceptors (Lipinski definition) is 1. The van der Waals surface area contributed by atoms with Gasteiger partial charge in [0.1, 0.15) is 0 Å². The molecule has 0 amide bonds. The highest BCUT2D eigenvalue weighted by molar-refractivity contribution is 5.29. The normalized spacial score (nSPS) is 12.7. The molecule has 0 saturated heterocycles. The van der Waals surface area contributed by atoms with Gasteiger partial charge in [-0.05, 0) is 33.4 Å². The standard InChI is InChI=1S/C9H17N/c1-5-6-7-8(2)9(3)10-4/h4-7H2,1-3H3. The molecule has 0 aliphatic carbocycles. The quantitative estimate of drug-likeness (QED) is 0.530. The highest BCUT2D eigenvalue weighted by Crippen LogP contribution is 2.11. The van der Waals surface area contributed by atoms with Crippen LogP contribution < -0.4 is 0 Å². The summed E-state index contributed by atoms with van der Waals surface area (Å²) in [5.41, 5.74) is 2.46. The van der Waals surface area contributed by atoms with Crippen LogP contribution >= 0.6 is 0 Å². The molecule has 0 aromatic carbocycles. The Morgan fingerprint density at radius 3 is 2.40 bits per heavy atom. The Kier molecular flexibility index (Phi) is 4.91. The Bertz CT molecular complexity index is 134. The van der Waals surface area contributed by atoms with Crippen LogP contribution in [0.1, 0.15) is 40.0 Å². The average Bonchev–Trinajstić information content (AvgIpc) is 1.98. The second-order valence-electron chi connectivity index (χ2n) is 2.63. The lowest BCUT2D eigenvalue weighted by Crippen LogP contribution is -1.81. The fraction of sp³-hybridized carbons (Fsp3) is 0.667. The summed E-state index contributed by atoms with van der Waals surface area (Å²) in [6.07, 6.45) is 3.68. The van der Waals surface area contributed by atoms with E-state index in [9.17, 15) is 0 Å². The minimum atomic E-state index is 1.09. The van der Waals surface area contributed by atoms with Gasteiger partial charge in [-0.25, -0.2) is 0 Å². The fourth-order valence-electron chi connectivity index (χ4n) is 0.758. The predicted molar refractivity (Wildman–Crippen MR) is 47.4 cm³/mol. The monoisotopic (exact) mass is 139 g/mol. The second-order valence-corrected chi connectivity index (χ2v) is 2.63. The van der Waals surface area contributed by atoms with Crippen molar-refractivity contribution < 1.29 is 0 Å². The maximum absolute atomic E-state index is 3.87. The molecule has 0 spiro atoms. The lowest BCUT2D eigenvalue weighted by atomic mass is 10.1. The molecule has 10 heavy (non-hydrogen) atoms. The Morgan fingerprint density at radius 1 is 1.40 bits per heavy atom. The van der Waals surface area contributed by atoms with Crippen LogP contribution in [-0.4, -0.2) is 6.72 Å². The second kappa shape index (κ2) is 5.21. The topological polar surface area (TPSA) is 12.4 Å².